The smallest absolute Gasteiger partial charge is 0.416 e. The number of alkyl halides is 3. The van der Waals surface area contributed by atoms with E-state index in [1.807, 2.05) is 0 Å². The van der Waals surface area contributed by atoms with Crippen LogP contribution >= 0.6 is 34.5 Å². The lowest BCUT2D eigenvalue weighted by Gasteiger charge is -2.08. The number of furan rings is 1. The van der Waals surface area contributed by atoms with Gasteiger partial charge in [-0.3, -0.25) is 4.79 Å². The van der Waals surface area contributed by atoms with Crippen LogP contribution in [0.3, 0.4) is 0 Å². The van der Waals surface area contributed by atoms with E-state index in [0.717, 1.165) is 12.1 Å². The number of anilines is 2. The number of carbonyl (C=O) groups is 1. The van der Waals surface area contributed by atoms with Crippen molar-refractivity contribution in [2.75, 3.05) is 5.32 Å². The molecule has 180 valence electrons. The summed E-state index contributed by atoms with van der Waals surface area (Å²) in [6.07, 6.45) is -3.18. The van der Waals surface area contributed by atoms with E-state index in [-0.39, 0.29) is 12.1 Å². The first kappa shape index (κ1) is 24.8. The maximum absolute atomic E-state index is 12.9. The molecule has 4 aromatic rings. The molecule has 2 aromatic carbocycles. The lowest BCUT2D eigenvalue weighted by molar-refractivity contribution is -0.137. The van der Waals surface area contributed by atoms with Gasteiger partial charge in [0, 0.05) is 21.7 Å². The summed E-state index contributed by atoms with van der Waals surface area (Å²) in [5.41, 5.74) is 2.91. The van der Waals surface area contributed by atoms with Gasteiger partial charge in [-0.25, -0.2) is 10.4 Å². The summed E-state index contributed by atoms with van der Waals surface area (Å²) in [7, 11) is 0. The molecule has 0 spiro atoms. The molecule has 2 N–H and O–H groups in total. The molecular formula is C23H15Cl2F3N4O2S. The normalized spacial score (nSPS) is 11.7. The van der Waals surface area contributed by atoms with E-state index in [1.165, 1.54) is 29.7 Å². The monoisotopic (exact) mass is 538 g/mol. The van der Waals surface area contributed by atoms with Crippen LogP contribution in [0.25, 0.3) is 11.3 Å². The molecule has 0 aliphatic carbocycles. The number of hydrogen-bond donors (Lipinski definition) is 2. The van der Waals surface area contributed by atoms with Gasteiger partial charge in [0.1, 0.15) is 11.5 Å². The number of carbonyl (C=O) groups excluding carboxylic acids is 1. The molecule has 0 aliphatic rings. The fourth-order valence-electron chi connectivity index (χ4n) is 2.97. The second-order valence-corrected chi connectivity index (χ2v) is 8.85. The fourth-order valence-corrected chi connectivity index (χ4v) is 4.08. The van der Waals surface area contributed by atoms with Crippen LogP contribution in [0.15, 0.2) is 69.5 Å². The lowest BCUT2D eigenvalue weighted by Crippen LogP contribution is -2.19. The Morgan fingerprint density at radius 1 is 1.14 bits per heavy atom. The number of halogens is 5. The minimum absolute atomic E-state index is 0.0698. The van der Waals surface area contributed by atoms with Crippen molar-refractivity contribution >= 4 is 57.5 Å². The van der Waals surface area contributed by atoms with Gasteiger partial charge in [0.05, 0.1) is 28.9 Å². The summed E-state index contributed by atoms with van der Waals surface area (Å²) < 4.78 is 44.2. The van der Waals surface area contributed by atoms with E-state index in [0.29, 0.717) is 38.0 Å². The molecule has 0 bridgehead atoms. The quantitative estimate of drug-likeness (QED) is 0.193. The van der Waals surface area contributed by atoms with E-state index in [1.54, 1.807) is 35.7 Å². The van der Waals surface area contributed by atoms with Crippen LogP contribution in [0.4, 0.5) is 24.0 Å². The Balaban J connectivity index is 1.31. The van der Waals surface area contributed by atoms with Gasteiger partial charge in [-0.05, 0) is 48.5 Å². The number of thiazole rings is 1. The number of amides is 1. The first-order valence-electron chi connectivity index (χ1n) is 9.93. The van der Waals surface area contributed by atoms with Gasteiger partial charge in [0.2, 0.25) is 5.91 Å². The number of nitrogens with one attached hydrogen (secondary N) is 2. The first-order valence-corrected chi connectivity index (χ1v) is 11.6. The van der Waals surface area contributed by atoms with E-state index >= 15 is 0 Å². The van der Waals surface area contributed by atoms with Gasteiger partial charge >= 0.3 is 6.18 Å². The number of benzene rings is 2. The Labute approximate surface area is 211 Å². The second-order valence-electron chi connectivity index (χ2n) is 7.14. The summed E-state index contributed by atoms with van der Waals surface area (Å²) in [6.45, 7) is 0. The standard InChI is InChI=1S/C23H15Cl2F3N4O2S/c24-14-4-6-19(25)18(9-14)20-7-5-17(34-20)11-29-32-21(33)10-16-12-35-22(31-16)30-15-3-1-2-13(8-15)23(26,27)28/h1-9,11-12H,10H2,(H,30,31)(H,32,33)/b29-11-. The van der Waals surface area contributed by atoms with Crippen LogP contribution in [0, 0.1) is 0 Å². The number of nitrogens with zero attached hydrogens (tertiary/aromatic N) is 2. The molecule has 2 aromatic heterocycles. The molecular weight excluding hydrogens is 524 g/mol. The summed E-state index contributed by atoms with van der Waals surface area (Å²) in [5, 5.41) is 9.66. The SMILES string of the molecule is O=C(Cc1csc(Nc2cccc(C(F)(F)F)c2)n1)N/N=C\c1ccc(-c2cc(Cl)ccc2Cl)o1. The van der Waals surface area contributed by atoms with Crippen molar-refractivity contribution in [2.24, 2.45) is 5.10 Å². The van der Waals surface area contributed by atoms with Crippen molar-refractivity contribution in [3.63, 3.8) is 0 Å². The maximum Gasteiger partial charge on any atom is 0.416 e. The van der Waals surface area contributed by atoms with Crippen molar-refractivity contribution in [1.82, 2.24) is 10.4 Å². The van der Waals surface area contributed by atoms with E-state index < -0.39 is 17.6 Å². The minimum Gasteiger partial charge on any atom is -0.455 e. The third kappa shape index (κ3) is 6.62. The zero-order valence-corrected chi connectivity index (χ0v) is 19.9. The first-order chi connectivity index (χ1) is 16.7. The fraction of sp³-hybridized carbons (Fsp3) is 0.0870. The molecule has 0 saturated heterocycles. The van der Waals surface area contributed by atoms with Crippen LogP contribution in [-0.2, 0) is 17.4 Å². The molecule has 0 atom stereocenters. The highest BCUT2D eigenvalue weighted by Crippen LogP contribution is 2.32. The minimum atomic E-state index is -4.44. The van der Waals surface area contributed by atoms with Crippen molar-refractivity contribution < 1.29 is 22.4 Å². The topological polar surface area (TPSA) is 79.5 Å². The molecule has 4 rings (SSSR count). The Bertz CT molecular complexity index is 1390. The van der Waals surface area contributed by atoms with Gasteiger partial charge in [0.15, 0.2) is 5.13 Å². The van der Waals surface area contributed by atoms with E-state index in [4.69, 9.17) is 27.6 Å². The van der Waals surface area contributed by atoms with Crippen LogP contribution in [0.1, 0.15) is 17.0 Å². The summed E-state index contributed by atoms with van der Waals surface area (Å²) in [6, 6.07) is 13.1. The predicted octanol–water partition coefficient (Wildman–Crippen LogP) is 7.17. The largest absolute Gasteiger partial charge is 0.455 e. The zero-order chi connectivity index (χ0) is 25.0. The van der Waals surface area contributed by atoms with Gasteiger partial charge < -0.3 is 9.73 Å². The molecule has 0 aliphatic heterocycles. The number of hydrazone groups is 1. The molecule has 0 radical (unpaired) electrons. The van der Waals surface area contributed by atoms with E-state index in [9.17, 15) is 18.0 Å². The highest BCUT2D eigenvalue weighted by Gasteiger charge is 2.30. The molecule has 1 amide bonds. The number of rotatable bonds is 7. The van der Waals surface area contributed by atoms with Crippen LogP contribution in [0.2, 0.25) is 10.0 Å². The Hall–Kier alpha value is -3.34. The third-order valence-corrected chi connectivity index (χ3v) is 5.91. The van der Waals surface area contributed by atoms with Crippen LogP contribution in [0.5, 0.6) is 0 Å². The Morgan fingerprint density at radius 3 is 2.77 bits per heavy atom. The summed E-state index contributed by atoms with van der Waals surface area (Å²) in [4.78, 5) is 16.4. The molecule has 2 heterocycles. The Kier molecular flexibility index (Phi) is 7.44. The molecule has 12 heteroatoms. The second kappa shape index (κ2) is 10.5. The van der Waals surface area contributed by atoms with Crippen molar-refractivity contribution in [1.29, 1.82) is 0 Å². The summed E-state index contributed by atoms with van der Waals surface area (Å²) in [5.74, 6) is 0.452. The predicted molar refractivity (Wildman–Crippen MR) is 130 cm³/mol. The third-order valence-electron chi connectivity index (χ3n) is 4.54. The van der Waals surface area contributed by atoms with Gasteiger partial charge in [-0.1, -0.05) is 29.3 Å². The van der Waals surface area contributed by atoms with E-state index in [2.05, 4.69) is 20.8 Å². The molecule has 6 nitrogen and oxygen atoms in total. The Morgan fingerprint density at radius 2 is 1.97 bits per heavy atom. The van der Waals surface area contributed by atoms with Crippen molar-refractivity contribution in [3.05, 3.63) is 87.0 Å². The zero-order valence-electron chi connectivity index (χ0n) is 17.6. The highest BCUT2D eigenvalue weighted by atomic mass is 35.5. The van der Waals surface area contributed by atoms with Crippen LogP contribution < -0.4 is 10.7 Å². The molecule has 0 fully saturated rings. The van der Waals surface area contributed by atoms with Gasteiger partial charge in [-0.15, -0.1) is 11.3 Å². The van der Waals surface area contributed by atoms with Gasteiger partial charge in [-0.2, -0.15) is 18.3 Å². The number of aromatic nitrogens is 1. The highest BCUT2D eigenvalue weighted by molar-refractivity contribution is 7.13. The molecule has 0 saturated carbocycles. The van der Waals surface area contributed by atoms with Gasteiger partial charge in [0.25, 0.3) is 0 Å². The van der Waals surface area contributed by atoms with Crippen LogP contribution in [-0.4, -0.2) is 17.1 Å². The maximum atomic E-state index is 12.9. The summed E-state index contributed by atoms with van der Waals surface area (Å²) >= 11 is 13.3. The average molecular weight is 539 g/mol. The lowest BCUT2D eigenvalue weighted by atomic mass is 10.2. The number of hydrogen-bond acceptors (Lipinski definition) is 6. The molecule has 0 unspecified atom stereocenters. The average Bonchev–Trinajstić information content (AvgIpc) is 3.44. The van der Waals surface area contributed by atoms with Crippen molar-refractivity contribution in [3.8, 4) is 11.3 Å². The van der Waals surface area contributed by atoms with Crippen molar-refractivity contribution in [2.45, 2.75) is 12.6 Å². The molecule has 35 heavy (non-hydrogen) atoms.